The fourth-order valence-corrected chi connectivity index (χ4v) is 4.90. The van der Waals surface area contributed by atoms with Crippen molar-refractivity contribution in [2.75, 3.05) is 18.6 Å². The van der Waals surface area contributed by atoms with Crippen LogP contribution >= 0.6 is 11.3 Å². The van der Waals surface area contributed by atoms with E-state index in [2.05, 4.69) is 4.72 Å². The van der Waals surface area contributed by atoms with Gasteiger partial charge in [-0.15, -0.1) is 11.3 Å². The molecule has 0 amide bonds. The molecule has 0 aromatic carbocycles. The highest BCUT2D eigenvalue weighted by Crippen LogP contribution is 2.26. The molecule has 0 spiro atoms. The van der Waals surface area contributed by atoms with Crippen LogP contribution in [0.25, 0.3) is 0 Å². The first-order valence-electron chi connectivity index (χ1n) is 5.53. The van der Waals surface area contributed by atoms with Crippen molar-refractivity contribution in [1.29, 1.82) is 0 Å². The van der Waals surface area contributed by atoms with Gasteiger partial charge in [0.05, 0.1) is 5.75 Å². The fraction of sp³-hybridized carbons (Fsp3) is 0.500. The standard InChI is InChI=1S/C10H15NO6S3/c1-7-6-18-8(10(12)13)9(7)20(16,17)11-4-3-5-19(2,14)15/h6,11H,3-5H2,1-2H3,(H,12,13). The minimum Gasteiger partial charge on any atom is -0.477 e. The third-order valence-corrected chi connectivity index (χ3v) is 6.26. The van der Waals surface area contributed by atoms with Crippen LogP contribution in [0.4, 0.5) is 0 Å². The Kier molecular flexibility index (Phi) is 5.30. The Hall–Kier alpha value is -0.970. The van der Waals surface area contributed by atoms with Crippen molar-refractivity contribution in [2.24, 2.45) is 0 Å². The highest BCUT2D eigenvalue weighted by molar-refractivity contribution is 7.90. The number of nitrogens with one attached hydrogen (secondary N) is 1. The molecule has 0 radical (unpaired) electrons. The van der Waals surface area contributed by atoms with Gasteiger partial charge in [-0.3, -0.25) is 0 Å². The molecule has 2 N–H and O–H groups in total. The Morgan fingerprint density at radius 2 is 1.95 bits per heavy atom. The molecule has 0 aliphatic heterocycles. The van der Waals surface area contributed by atoms with Gasteiger partial charge in [0.2, 0.25) is 10.0 Å². The molecule has 1 aromatic heterocycles. The largest absolute Gasteiger partial charge is 0.477 e. The first kappa shape index (κ1) is 17.1. The van der Waals surface area contributed by atoms with Crippen molar-refractivity contribution in [2.45, 2.75) is 18.2 Å². The average molecular weight is 341 g/mol. The molecule has 114 valence electrons. The van der Waals surface area contributed by atoms with Crippen LogP contribution in [0.1, 0.15) is 21.7 Å². The first-order valence-corrected chi connectivity index (χ1v) is 9.95. The summed E-state index contributed by atoms with van der Waals surface area (Å²) in [7, 11) is -7.11. The summed E-state index contributed by atoms with van der Waals surface area (Å²) in [4.78, 5) is 10.5. The third kappa shape index (κ3) is 4.54. The van der Waals surface area contributed by atoms with E-state index in [1.54, 1.807) is 0 Å². The van der Waals surface area contributed by atoms with E-state index in [-0.39, 0.29) is 28.5 Å². The van der Waals surface area contributed by atoms with Crippen LogP contribution in [0, 0.1) is 6.92 Å². The number of hydrogen-bond acceptors (Lipinski definition) is 6. The second kappa shape index (κ2) is 6.20. The van der Waals surface area contributed by atoms with Crippen molar-refractivity contribution in [3.05, 3.63) is 15.8 Å². The molecule has 0 aliphatic carbocycles. The number of aryl methyl sites for hydroxylation is 1. The van der Waals surface area contributed by atoms with Crippen LogP contribution in [0.15, 0.2) is 10.3 Å². The maximum absolute atomic E-state index is 12.0. The summed E-state index contributed by atoms with van der Waals surface area (Å²) in [5.41, 5.74) is 0.350. The summed E-state index contributed by atoms with van der Waals surface area (Å²) in [5, 5.41) is 10.4. The van der Waals surface area contributed by atoms with E-state index in [1.165, 1.54) is 12.3 Å². The number of carboxylic acid groups (broad SMARTS) is 1. The minimum absolute atomic E-state index is 0.0657. The van der Waals surface area contributed by atoms with Gasteiger partial charge >= 0.3 is 5.97 Å². The maximum Gasteiger partial charge on any atom is 0.347 e. The highest BCUT2D eigenvalue weighted by atomic mass is 32.2. The van der Waals surface area contributed by atoms with Crippen LogP contribution < -0.4 is 4.72 Å². The molecular weight excluding hydrogens is 326 g/mol. The molecule has 1 rings (SSSR count). The molecule has 0 atom stereocenters. The summed E-state index contributed by atoms with van der Waals surface area (Å²) < 4.78 is 48.2. The van der Waals surface area contributed by atoms with Gasteiger partial charge in [0, 0.05) is 12.8 Å². The number of carboxylic acids is 1. The summed E-state index contributed by atoms with van der Waals surface area (Å²) in [6, 6.07) is 0. The van der Waals surface area contributed by atoms with Crippen LogP contribution in [0.2, 0.25) is 0 Å². The number of rotatable bonds is 7. The second-order valence-electron chi connectivity index (χ2n) is 4.26. The molecule has 7 nitrogen and oxygen atoms in total. The third-order valence-electron chi connectivity index (χ3n) is 2.36. The Morgan fingerprint density at radius 3 is 2.45 bits per heavy atom. The lowest BCUT2D eigenvalue weighted by molar-refractivity contribution is 0.0698. The zero-order valence-corrected chi connectivity index (χ0v) is 13.4. The molecule has 20 heavy (non-hydrogen) atoms. The van der Waals surface area contributed by atoms with Crippen molar-refractivity contribution >= 4 is 37.2 Å². The van der Waals surface area contributed by atoms with E-state index in [0.717, 1.165) is 17.6 Å². The molecule has 0 saturated heterocycles. The van der Waals surface area contributed by atoms with E-state index in [9.17, 15) is 21.6 Å². The molecule has 0 aliphatic rings. The van der Waals surface area contributed by atoms with E-state index < -0.39 is 25.8 Å². The van der Waals surface area contributed by atoms with Crippen LogP contribution in [-0.2, 0) is 19.9 Å². The Labute approximate surface area is 121 Å². The summed E-state index contributed by atoms with van der Waals surface area (Å²) in [6.07, 6.45) is 1.19. The molecule has 0 fully saturated rings. The number of hydrogen-bond donors (Lipinski definition) is 2. The average Bonchev–Trinajstić information content (AvgIpc) is 2.66. The highest BCUT2D eigenvalue weighted by Gasteiger charge is 2.26. The van der Waals surface area contributed by atoms with Gasteiger partial charge < -0.3 is 5.11 Å². The van der Waals surface area contributed by atoms with E-state index in [0.29, 0.717) is 5.56 Å². The van der Waals surface area contributed by atoms with Crippen LogP contribution in [0.3, 0.4) is 0 Å². The van der Waals surface area contributed by atoms with Gasteiger partial charge in [-0.05, 0) is 24.3 Å². The number of thiophene rings is 1. The van der Waals surface area contributed by atoms with Crippen molar-refractivity contribution in [1.82, 2.24) is 4.72 Å². The fourth-order valence-electron chi connectivity index (χ4n) is 1.53. The number of sulfonamides is 1. The summed E-state index contributed by atoms with van der Waals surface area (Å²) in [5.74, 6) is -1.44. The Balaban J connectivity index is 2.85. The minimum atomic E-state index is -3.96. The van der Waals surface area contributed by atoms with Crippen LogP contribution in [0.5, 0.6) is 0 Å². The molecule has 1 heterocycles. The monoisotopic (exact) mass is 341 g/mol. The predicted molar refractivity (Wildman–Crippen MR) is 75.5 cm³/mol. The van der Waals surface area contributed by atoms with Crippen LogP contribution in [-0.4, -0.2) is 46.5 Å². The first-order chi connectivity index (χ1) is 9.04. The van der Waals surface area contributed by atoms with Gasteiger partial charge in [0.1, 0.15) is 19.6 Å². The molecule has 10 heteroatoms. The maximum atomic E-state index is 12.0. The topological polar surface area (TPSA) is 118 Å². The lowest BCUT2D eigenvalue weighted by atomic mass is 10.3. The quantitative estimate of drug-likeness (QED) is 0.696. The number of aromatic carboxylic acids is 1. The van der Waals surface area contributed by atoms with E-state index in [1.807, 2.05) is 0 Å². The molecular formula is C10H15NO6S3. The Morgan fingerprint density at radius 1 is 1.35 bits per heavy atom. The predicted octanol–water partition coefficient (Wildman–Crippen LogP) is 0.468. The normalized spacial score (nSPS) is 12.5. The zero-order valence-electron chi connectivity index (χ0n) is 10.9. The lowest BCUT2D eigenvalue weighted by Gasteiger charge is -2.07. The van der Waals surface area contributed by atoms with Gasteiger partial charge in [0.25, 0.3) is 0 Å². The smallest absolute Gasteiger partial charge is 0.347 e. The molecule has 0 saturated carbocycles. The molecule has 0 bridgehead atoms. The number of sulfone groups is 1. The van der Waals surface area contributed by atoms with Crippen molar-refractivity contribution in [3.8, 4) is 0 Å². The lowest BCUT2D eigenvalue weighted by Crippen LogP contribution is -2.27. The molecule has 0 unspecified atom stereocenters. The van der Waals surface area contributed by atoms with Gasteiger partial charge in [-0.1, -0.05) is 0 Å². The number of carbonyl (C=O) groups is 1. The van der Waals surface area contributed by atoms with E-state index >= 15 is 0 Å². The van der Waals surface area contributed by atoms with Crippen molar-refractivity contribution in [3.63, 3.8) is 0 Å². The Bertz CT molecular complexity index is 701. The zero-order chi connectivity index (χ0) is 15.6. The summed E-state index contributed by atoms with van der Waals surface area (Å²) in [6.45, 7) is 1.44. The van der Waals surface area contributed by atoms with Gasteiger partial charge in [-0.25, -0.2) is 26.4 Å². The summed E-state index contributed by atoms with van der Waals surface area (Å²) >= 11 is 0.840. The SMILES string of the molecule is Cc1csc(C(=O)O)c1S(=O)(=O)NCCCS(C)(=O)=O. The van der Waals surface area contributed by atoms with E-state index in [4.69, 9.17) is 5.11 Å². The van der Waals surface area contributed by atoms with Crippen molar-refractivity contribution < 1.29 is 26.7 Å². The van der Waals surface area contributed by atoms with Gasteiger partial charge in [-0.2, -0.15) is 0 Å². The molecule has 1 aromatic rings. The second-order valence-corrected chi connectivity index (χ2v) is 9.11. The van der Waals surface area contributed by atoms with Gasteiger partial charge in [0.15, 0.2) is 0 Å².